The van der Waals surface area contributed by atoms with Crippen molar-refractivity contribution in [3.05, 3.63) is 34.9 Å². The Kier molecular flexibility index (Phi) is 5.77. The molecule has 7 heteroatoms. The zero-order chi connectivity index (χ0) is 15.9. The number of halogens is 1. The standard InChI is InChI=1S/C15H18ClN3O3/c1-2-7-17-14(20)9-18-15(21)13-8-12(19-22-13)10-3-5-11(16)6-4-10/h3-6,13H,2,7-9H2,1H3,(H,17,20)(H,18,21). The molecule has 0 spiro atoms. The largest absolute Gasteiger partial charge is 0.382 e. The summed E-state index contributed by atoms with van der Waals surface area (Å²) < 4.78 is 0. The molecule has 1 aliphatic heterocycles. The molecule has 2 rings (SSSR count). The Morgan fingerprint density at radius 2 is 2.05 bits per heavy atom. The Labute approximate surface area is 133 Å². The first kappa shape index (κ1) is 16.3. The molecule has 1 aromatic carbocycles. The molecule has 1 unspecified atom stereocenters. The lowest BCUT2D eigenvalue weighted by atomic mass is 10.0. The minimum atomic E-state index is -0.704. The molecule has 1 atom stereocenters. The van der Waals surface area contributed by atoms with Gasteiger partial charge in [0.1, 0.15) is 0 Å². The predicted octanol–water partition coefficient (Wildman–Crippen LogP) is 1.48. The Morgan fingerprint density at radius 3 is 2.73 bits per heavy atom. The third-order valence-electron chi connectivity index (χ3n) is 3.13. The lowest BCUT2D eigenvalue weighted by molar-refractivity contribution is -0.133. The van der Waals surface area contributed by atoms with Gasteiger partial charge < -0.3 is 15.5 Å². The van der Waals surface area contributed by atoms with E-state index in [0.717, 1.165) is 12.0 Å². The molecule has 1 aromatic rings. The van der Waals surface area contributed by atoms with Gasteiger partial charge in [0.2, 0.25) is 12.0 Å². The molecule has 0 radical (unpaired) electrons. The molecule has 0 bridgehead atoms. The number of hydrogen-bond donors (Lipinski definition) is 2. The second-order valence-corrected chi connectivity index (χ2v) is 5.35. The van der Waals surface area contributed by atoms with Gasteiger partial charge in [0.25, 0.3) is 5.91 Å². The van der Waals surface area contributed by atoms with Crippen LogP contribution in [-0.4, -0.2) is 36.7 Å². The third kappa shape index (κ3) is 4.46. The van der Waals surface area contributed by atoms with E-state index in [-0.39, 0.29) is 18.4 Å². The van der Waals surface area contributed by atoms with E-state index in [9.17, 15) is 9.59 Å². The second kappa shape index (κ2) is 7.79. The van der Waals surface area contributed by atoms with Gasteiger partial charge in [0, 0.05) is 18.0 Å². The van der Waals surface area contributed by atoms with Crippen molar-refractivity contribution in [3.63, 3.8) is 0 Å². The highest BCUT2D eigenvalue weighted by Crippen LogP contribution is 2.18. The van der Waals surface area contributed by atoms with Crippen LogP contribution >= 0.6 is 11.6 Å². The van der Waals surface area contributed by atoms with E-state index in [1.165, 1.54) is 0 Å². The van der Waals surface area contributed by atoms with E-state index >= 15 is 0 Å². The van der Waals surface area contributed by atoms with Crippen LogP contribution in [-0.2, 0) is 14.4 Å². The highest BCUT2D eigenvalue weighted by Gasteiger charge is 2.28. The first-order valence-electron chi connectivity index (χ1n) is 7.13. The number of nitrogens with one attached hydrogen (secondary N) is 2. The number of carbonyl (C=O) groups is 2. The van der Waals surface area contributed by atoms with E-state index in [4.69, 9.17) is 16.4 Å². The monoisotopic (exact) mass is 323 g/mol. The summed E-state index contributed by atoms with van der Waals surface area (Å²) in [6, 6.07) is 7.15. The molecule has 22 heavy (non-hydrogen) atoms. The molecular formula is C15H18ClN3O3. The molecule has 1 aliphatic rings. The van der Waals surface area contributed by atoms with Crippen molar-refractivity contribution in [3.8, 4) is 0 Å². The molecular weight excluding hydrogens is 306 g/mol. The number of rotatable bonds is 6. The van der Waals surface area contributed by atoms with Gasteiger partial charge in [-0.15, -0.1) is 0 Å². The Bertz CT molecular complexity index is 572. The molecule has 1 heterocycles. The highest BCUT2D eigenvalue weighted by atomic mass is 35.5. The van der Waals surface area contributed by atoms with Crippen LogP contribution in [0.4, 0.5) is 0 Å². The van der Waals surface area contributed by atoms with Crippen molar-refractivity contribution >= 4 is 29.1 Å². The molecule has 0 aliphatic carbocycles. The summed E-state index contributed by atoms with van der Waals surface area (Å²) >= 11 is 5.83. The van der Waals surface area contributed by atoms with Crippen molar-refractivity contribution in [1.82, 2.24) is 10.6 Å². The molecule has 6 nitrogen and oxygen atoms in total. The smallest absolute Gasteiger partial charge is 0.264 e. The Hall–Kier alpha value is -2.08. The van der Waals surface area contributed by atoms with Crippen LogP contribution in [0.2, 0.25) is 5.02 Å². The van der Waals surface area contributed by atoms with E-state index in [2.05, 4.69) is 15.8 Å². The predicted molar refractivity (Wildman–Crippen MR) is 83.8 cm³/mol. The summed E-state index contributed by atoms with van der Waals surface area (Å²) in [5, 5.41) is 9.79. The fraction of sp³-hybridized carbons (Fsp3) is 0.400. The van der Waals surface area contributed by atoms with Crippen LogP contribution in [0.5, 0.6) is 0 Å². The number of oxime groups is 1. The number of carbonyl (C=O) groups excluding carboxylic acids is 2. The van der Waals surface area contributed by atoms with Crippen LogP contribution < -0.4 is 10.6 Å². The van der Waals surface area contributed by atoms with Gasteiger partial charge in [-0.2, -0.15) is 0 Å². The molecule has 0 aromatic heterocycles. The number of nitrogens with zero attached hydrogens (tertiary/aromatic N) is 1. The minimum Gasteiger partial charge on any atom is -0.382 e. The fourth-order valence-electron chi connectivity index (χ4n) is 1.94. The highest BCUT2D eigenvalue weighted by molar-refractivity contribution is 6.30. The van der Waals surface area contributed by atoms with E-state index in [1.54, 1.807) is 12.1 Å². The second-order valence-electron chi connectivity index (χ2n) is 4.91. The van der Waals surface area contributed by atoms with Crippen molar-refractivity contribution in [2.24, 2.45) is 5.16 Å². The van der Waals surface area contributed by atoms with Gasteiger partial charge >= 0.3 is 0 Å². The lowest BCUT2D eigenvalue weighted by Crippen LogP contribution is -2.41. The molecule has 118 valence electrons. The molecule has 0 fully saturated rings. The van der Waals surface area contributed by atoms with Crippen molar-refractivity contribution < 1.29 is 14.4 Å². The van der Waals surface area contributed by atoms with E-state index in [1.807, 2.05) is 19.1 Å². The average Bonchev–Trinajstić information content (AvgIpc) is 3.01. The fourth-order valence-corrected chi connectivity index (χ4v) is 2.06. The quantitative estimate of drug-likeness (QED) is 0.832. The topological polar surface area (TPSA) is 79.8 Å². The summed E-state index contributed by atoms with van der Waals surface area (Å²) in [5.74, 6) is -0.564. The van der Waals surface area contributed by atoms with Crippen molar-refractivity contribution in [2.45, 2.75) is 25.9 Å². The van der Waals surface area contributed by atoms with Crippen LogP contribution in [0, 0.1) is 0 Å². The SMILES string of the molecule is CCCNC(=O)CNC(=O)C1CC(c2ccc(Cl)cc2)=NO1. The summed E-state index contributed by atoms with van der Waals surface area (Å²) in [6.07, 6.45) is 0.512. The number of hydrogen-bond acceptors (Lipinski definition) is 4. The maximum atomic E-state index is 11.9. The average molecular weight is 324 g/mol. The van der Waals surface area contributed by atoms with Crippen LogP contribution in [0.15, 0.2) is 29.4 Å². The van der Waals surface area contributed by atoms with Gasteiger partial charge in [-0.05, 0) is 24.1 Å². The van der Waals surface area contributed by atoms with Gasteiger partial charge in [-0.25, -0.2) is 0 Å². The molecule has 2 amide bonds. The molecule has 2 N–H and O–H groups in total. The molecule has 0 saturated carbocycles. The maximum Gasteiger partial charge on any atom is 0.264 e. The van der Waals surface area contributed by atoms with Crippen LogP contribution in [0.25, 0.3) is 0 Å². The Balaban J connectivity index is 1.80. The first-order chi connectivity index (χ1) is 10.6. The van der Waals surface area contributed by atoms with Crippen molar-refractivity contribution in [1.29, 1.82) is 0 Å². The number of benzene rings is 1. The number of amides is 2. The van der Waals surface area contributed by atoms with Gasteiger partial charge in [0.05, 0.1) is 12.3 Å². The van der Waals surface area contributed by atoms with Crippen LogP contribution in [0.1, 0.15) is 25.3 Å². The summed E-state index contributed by atoms with van der Waals surface area (Å²) in [6.45, 7) is 2.49. The van der Waals surface area contributed by atoms with Gasteiger partial charge in [-0.3, -0.25) is 9.59 Å². The zero-order valence-electron chi connectivity index (χ0n) is 12.3. The van der Waals surface area contributed by atoms with E-state index in [0.29, 0.717) is 23.7 Å². The van der Waals surface area contributed by atoms with Gasteiger partial charge in [0.15, 0.2) is 0 Å². The minimum absolute atomic E-state index is 0.0605. The summed E-state index contributed by atoms with van der Waals surface area (Å²) in [5.41, 5.74) is 1.55. The van der Waals surface area contributed by atoms with E-state index < -0.39 is 6.10 Å². The van der Waals surface area contributed by atoms with Crippen molar-refractivity contribution in [2.75, 3.05) is 13.1 Å². The first-order valence-corrected chi connectivity index (χ1v) is 7.51. The van der Waals surface area contributed by atoms with Gasteiger partial charge in [-0.1, -0.05) is 35.8 Å². The zero-order valence-corrected chi connectivity index (χ0v) is 13.0. The third-order valence-corrected chi connectivity index (χ3v) is 3.39. The maximum absolute atomic E-state index is 11.9. The normalized spacial score (nSPS) is 16.6. The Morgan fingerprint density at radius 1 is 1.32 bits per heavy atom. The lowest BCUT2D eigenvalue weighted by Gasteiger charge is -2.09. The summed E-state index contributed by atoms with van der Waals surface area (Å²) in [7, 11) is 0. The summed E-state index contributed by atoms with van der Waals surface area (Å²) in [4.78, 5) is 28.5. The molecule has 0 saturated heterocycles. The van der Waals surface area contributed by atoms with Crippen LogP contribution in [0.3, 0.4) is 0 Å².